The molecule has 0 radical (unpaired) electrons. The molecule has 1 saturated carbocycles. The quantitative estimate of drug-likeness (QED) is 0.792. The van der Waals surface area contributed by atoms with Crippen LogP contribution < -0.4 is 5.73 Å². The number of hydrogen-bond acceptors (Lipinski definition) is 2. The molecular weight excluding hydrogens is 184 g/mol. The van der Waals surface area contributed by atoms with Gasteiger partial charge in [-0.25, -0.2) is 0 Å². The van der Waals surface area contributed by atoms with Crippen LogP contribution in [0.5, 0.6) is 0 Å². The van der Waals surface area contributed by atoms with Crippen molar-refractivity contribution in [2.75, 3.05) is 0 Å². The van der Waals surface area contributed by atoms with Crippen LogP contribution in [-0.2, 0) is 6.54 Å². The van der Waals surface area contributed by atoms with E-state index in [-0.39, 0.29) is 12.4 Å². The third-order valence-electron chi connectivity index (χ3n) is 2.66. The zero-order chi connectivity index (χ0) is 8.39. The van der Waals surface area contributed by atoms with E-state index in [0.717, 1.165) is 11.6 Å². The van der Waals surface area contributed by atoms with Gasteiger partial charge in [-0.1, -0.05) is 12.5 Å². The number of halogens is 1. The highest BCUT2D eigenvalue weighted by Crippen LogP contribution is 2.37. The molecule has 2 N–H and O–H groups in total. The zero-order valence-electron chi connectivity index (χ0n) is 7.57. The molecule has 1 aromatic heterocycles. The van der Waals surface area contributed by atoms with E-state index < -0.39 is 0 Å². The lowest BCUT2D eigenvalue weighted by Crippen LogP contribution is -2.14. The van der Waals surface area contributed by atoms with Crippen molar-refractivity contribution in [2.24, 2.45) is 5.73 Å². The molecule has 2 nitrogen and oxygen atoms in total. The van der Waals surface area contributed by atoms with Gasteiger partial charge in [-0.3, -0.25) is 4.98 Å². The van der Waals surface area contributed by atoms with Crippen molar-refractivity contribution >= 4 is 12.4 Å². The second-order valence-electron chi connectivity index (χ2n) is 3.37. The van der Waals surface area contributed by atoms with E-state index in [0.29, 0.717) is 6.54 Å². The van der Waals surface area contributed by atoms with E-state index in [2.05, 4.69) is 11.1 Å². The lowest BCUT2D eigenvalue weighted by molar-refractivity contribution is 0.416. The maximum Gasteiger partial charge on any atom is 0.0574 e. The van der Waals surface area contributed by atoms with E-state index in [9.17, 15) is 0 Å². The normalized spacial score (nSPS) is 16.1. The van der Waals surface area contributed by atoms with Crippen LogP contribution in [0.2, 0.25) is 0 Å². The lowest BCUT2D eigenvalue weighted by Gasteiger charge is -2.26. The zero-order valence-corrected chi connectivity index (χ0v) is 8.39. The fraction of sp³-hybridized carbons (Fsp3) is 0.500. The summed E-state index contributed by atoms with van der Waals surface area (Å²) in [5.41, 5.74) is 8.07. The van der Waals surface area contributed by atoms with Gasteiger partial charge in [-0.15, -0.1) is 12.4 Å². The van der Waals surface area contributed by atoms with E-state index in [1.165, 1.54) is 24.8 Å². The van der Waals surface area contributed by atoms with Gasteiger partial charge in [-0.2, -0.15) is 0 Å². The monoisotopic (exact) mass is 198 g/mol. The van der Waals surface area contributed by atoms with Gasteiger partial charge in [0.15, 0.2) is 0 Å². The first-order valence-electron chi connectivity index (χ1n) is 4.55. The molecule has 0 atom stereocenters. The second kappa shape index (κ2) is 4.58. The minimum absolute atomic E-state index is 0. The highest BCUT2D eigenvalue weighted by atomic mass is 35.5. The predicted octanol–water partition coefficient (Wildman–Crippen LogP) is 2.23. The molecular formula is C10H15ClN2. The second-order valence-corrected chi connectivity index (χ2v) is 3.37. The van der Waals surface area contributed by atoms with Crippen LogP contribution in [0.25, 0.3) is 0 Å². The first kappa shape index (κ1) is 10.5. The fourth-order valence-electron chi connectivity index (χ4n) is 1.71. The Morgan fingerprint density at radius 2 is 2.23 bits per heavy atom. The Morgan fingerprint density at radius 1 is 1.46 bits per heavy atom. The summed E-state index contributed by atoms with van der Waals surface area (Å²) in [5.74, 6) is 0.747. The molecule has 13 heavy (non-hydrogen) atoms. The molecule has 0 bridgehead atoms. The molecule has 1 fully saturated rings. The summed E-state index contributed by atoms with van der Waals surface area (Å²) in [6.07, 6.45) is 5.82. The Labute approximate surface area is 85.0 Å². The number of aromatic nitrogens is 1. The summed E-state index contributed by atoms with van der Waals surface area (Å²) in [7, 11) is 0. The Kier molecular flexibility index (Phi) is 3.70. The molecule has 0 unspecified atom stereocenters. The summed E-state index contributed by atoms with van der Waals surface area (Å²) in [6.45, 7) is 0.576. The fourth-order valence-corrected chi connectivity index (χ4v) is 1.71. The molecule has 0 spiro atoms. The van der Waals surface area contributed by atoms with Gasteiger partial charge >= 0.3 is 0 Å². The third kappa shape index (κ3) is 2.01. The Morgan fingerprint density at radius 3 is 2.77 bits per heavy atom. The smallest absolute Gasteiger partial charge is 0.0574 e. The number of hydrogen-bond donors (Lipinski definition) is 1. The van der Waals surface area contributed by atoms with Gasteiger partial charge < -0.3 is 5.73 Å². The van der Waals surface area contributed by atoms with Crippen LogP contribution in [0.3, 0.4) is 0 Å². The summed E-state index contributed by atoms with van der Waals surface area (Å²) < 4.78 is 0. The van der Waals surface area contributed by atoms with Gasteiger partial charge in [0.25, 0.3) is 0 Å². The van der Waals surface area contributed by atoms with E-state index >= 15 is 0 Å². The molecule has 0 aliphatic heterocycles. The largest absolute Gasteiger partial charge is 0.325 e. The van der Waals surface area contributed by atoms with Crippen LogP contribution in [0.15, 0.2) is 18.3 Å². The topological polar surface area (TPSA) is 38.9 Å². The molecule has 2 rings (SSSR count). The summed E-state index contributed by atoms with van der Waals surface area (Å²) in [5, 5.41) is 0. The maximum atomic E-state index is 5.60. The van der Waals surface area contributed by atoms with Gasteiger partial charge in [0.05, 0.1) is 5.69 Å². The van der Waals surface area contributed by atoms with Crippen molar-refractivity contribution in [2.45, 2.75) is 31.7 Å². The maximum absolute atomic E-state index is 5.60. The average molecular weight is 199 g/mol. The molecule has 1 aliphatic rings. The predicted molar refractivity (Wildman–Crippen MR) is 56.0 cm³/mol. The van der Waals surface area contributed by atoms with Crippen molar-refractivity contribution in [3.63, 3.8) is 0 Å². The highest BCUT2D eigenvalue weighted by Gasteiger charge is 2.21. The van der Waals surface area contributed by atoms with E-state index in [1.807, 2.05) is 12.3 Å². The van der Waals surface area contributed by atoms with E-state index in [1.54, 1.807) is 0 Å². The number of nitrogens with two attached hydrogens (primary N) is 1. The average Bonchev–Trinajstić information content (AvgIpc) is 2.02. The number of rotatable bonds is 2. The van der Waals surface area contributed by atoms with Crippen LogP contribution in [0.1, 0.15) is 36.4 Å². The summed E-state index contributed by atoms with van der Waals surface area (Å²) in [6, 6.07) is 4.17. The number of nitrogens with zero attached hydrogens (tertiary/aromatic N) is 1. The summed E-state index contributed by atoms with van der Waals surface area (Å²) >= 11 is 0. The van der Waals surface area contributed by atoms with Crippen molar-refractivity contribution in [1.82, 2.24) is 4.98 Å². The minimum Gasteiger partial charge on any atom is -0.325 e. The highest BCUT2D eigenvalue weighted by molar-refractivity contribution is 5.85. The minimum atomic E-state index is 0. The van der Waals surface area contributed by atoms with Crippen LogP contribution in [0, 0.1) is 0 Å². The van der Waals surface area contributed by atoms with Gasteiger partial charge in [0.2, 0.25) is 0 Å². The first-order valence-corrected chi connectivity index (χ1v) is 4.55. The van der Waals surface area contributed by atoms with Crippen molar-refractivity contribution in [3.05, 3.63) is 29.6 Å². The van der Waals surface area contributed by atoms with Gasteiger partial charge in [0.1, 0.15) is 0 Å². The molecule has 0 amide bonds. The molecule has 3 heteroatoms. The molecule has 0 aromatic carbocycles. The Bertz CT molecular complexity index is 271. The van der Waals surface area contributed by atoms with Crippen molar-refractivity contribution < 1.29 is 0 Å². The van der Waals surface area contributed by atoms with Gasteiger partial charge in [0, 0.05) is 12.7 Å². The molecule has 0 saturated heterocycles. The van der Waals surface area contributed by atoms with Crippen molar-refractivity contribution in [3.8, 4) is 0 Å². The number of pyridine rings is 1. The van der Waals surface area contributed by atoms with Crippen LogP contribution >= 0.6 is 12.4 Å². The van der Waals surface area contributed by atoms with E-state index in [4.69, 9.17) is 5.73 Å². The Balaban J connectivity index is 0.000000845. The third-order valence-corrected chi connectivity index (χ3v) is 2.66. The SMILES string of the molecule is Cl.NCc1ncccc1C1CCC1. The van der Waals surface area contributed by atoms with Crippen LogP contribution in [0.4, 0.5) is 0 Å². The Hall–Kier alpha value is -0.600. The van der Waals surface area contributed by atoms with Gasteiger partial charge in [-0.05, 0) is 30.4 Å². The molecule has 1 aromatic rings. The summed E-state index contributed by atoms with van der Waals surface area (Å²) in [4.78, 5) is 4.28. The standard InChI is InChI=1S/C10H14N2.ClH/c11-7-10-9(5-2-6-12-10)8-3-1-4-8;/h2,5-6,8H,1,3-4,7,11H2;1H. The van der Waals surface area contributed by atoms with Crippen molar-refractivity contribution in [1.29, 1.82) is 0 Å². The molecule has 1 heterocycles. The molecule has 72 valence electrons. The first-order chi connectivity index (χ1) is 5.92. The van der Waals surface area contributed by atoms with Crippen LogP contribution in [-0.4, -0.2) is 4.98 Å². The lowest BCUT2D eigenvalue weighted by atomic mass is 9.79. The molecule has 1 aliphatic carbocycles.